The van der Waals surface area contributed by atoms with Crippen LogP contribution in [0.1, 0.15) is 0 Å². The molecule has 0 N–H and O–H groups in total. The zero-order valence-corrected chi connectivity index (χ0v) is 30.4. The van der Waals surface area contributed by atoms with Gasteiger partial charge in [0.1, 0.15) is 0 Å². The minimum absolute atomic E-state index is 1.10. The van der Waals surface area contributed by atoms with Crippen molar-refractivity contribution in [2.75, 3.05) is 4.90 Å². The second-order valence-corrected chi connectivity index (χ2v) is 14.8. The van der Waals surface area contributed by atoms with E-state index in [1.807, 2.05) is 11.3 Å². The van der Waals surface area contributed by atoms with Gasteiger partial charge in [-0.2, -0.15) is 0 Å². The Bertz CT molecular complexity index is 2920. The average molecular weight is 706 g/mol. The Hall–Kier alpha value is -6.74. The molecule has 2 heteroatoms. The molecular formula is C52H35NS. The van der Waals surface area contributed by atoms with Gasteiger partial charge in [0.05, 0.1) is 5.69 Å². The molecule has 0 fully saturated rings. The van der Waals surface area contributed by atoms with Crippen LogP contribution in [-0.4, -0.2) is 0 Å². The summed E-state index contributed by atoms with van der Waals surface area (Å²) in [5.41, 5.74) is 13.0. The lowest BCUT2D eigenvalue weighted by Crippen LogP contribution is -2.11. The summed E-state index contributed by atoms with van der Waals surface area (Å²) in [6.07, 6.45) is 0. The Morgan fingerprint density at radius 3 is 1.69 bits per heavy atom. The molecule has 1 nitrogen and oxygen atoms in total. The van der Waals surface area contributed by atoms with Gasteiger partial charge in [-0.25, -0.2) is 0 Å². The van der Waals surface area contributed by atoms with E-state index in [-0.39, 0.29) is 0 Å². The third-order valence-electron chi connectivity index (χ3n) is 10.5. The first kappa shape index (κ1) is 32.0. The molecule has 10 aromatic rings. The molecule has 10 rings (SSSR count). The Balaban J connectivity index is 1.09. The second kappa shape index (κ2) is 13.7. The van der Waals surface area contributed by atoms with E-state index in [2.05, 4.69) is 217 Å². The molecule has 1 heterocycles. The summed E-state index contributed by atoms with van der Waals surface area (Å²) in [7, 11) is 0. The molecular weight excluding hydrogens is 671 g/mol. The predicted molar refractivity (Wildman–Crippen MR) is 233 cm³/mol. The zero-order chi connectivity index (χ0) is 35.8. The molecule has 0 radical (unpaired) electrons. The number of nitrogens with zero attached hydrogens (tertiary/aromatic N) is 1. The van der Waals surface area contributed by atoms with E-state index in [1.165, 1.54) is 75.5 Å². The SMILES string of the molecule is c1ccc(-c2ccc(-c3ccc(N(c4cccc(-c5ccc6ccccc6c5)c4)c4ccccc4-c4ccc5c(c4)sc4ccccc45)cc3)cc2)cc1. The molecule has 0 amide bonds. The molecule has 0 saturated heterocycles. The Labute approximate surface area is 319 Å². The van der Waals surface area contributed by atoms with Crippen LogP contribution in [0.4, 0.5) is 17.1 Å². The van der Waals surface area contributed by atoms with Crippen molar-refractivity contribution in [1.29, 1.82) is 0 Å². The molecule has 254 valence electrons. The van der Waals surface area contributed by atoms with E-state index < -0.39 is 0 Å². The number of rotatable bonds is 7. The fraction of sp³-hybridized carbons (Fsp3) is 0. The molecule has 0 bridgehead atoms. The highest BCUT2D eigenvalue weighted by molar-refractivity contribution is 7.25. The fourth-order valence-electron chi connectivity index (χ4n) is 7.72. The van der Waals surface area contributed by atoms with Gasteiger partial charge >= 0.3 is 0 Å². The van der Waals surface area contributed by atoms with Gasteiger partial charge < -0.3 is 4.90 Å². The van der Waals surface area contributed by atoms with Crippen LogP contribution in [0, 0.1) is 0 Å². The highest BCUT2D eigenvalue weighted by atomic mass is 32.1. The van der Waals surface area contributed by atoms with Crippen molar-refractivity contribution in [3.05, 3.63) is 212 Å². The van der Waals surface area contributed by atoms with Crippen molar-refractivity contribution in [2.45, 2.75) is 0 Å². The van der Waals surface area contributed by atoms with E-state index in [9.17, 15) is 0 Å². The minimum atomic E-state index is 1.10. The summed E-state index contributed by atoms with van der Waals surface area (Å²) in [5, 5.41) is 5.12. The van der Waals surface area contributed by atoms with Crippen LogP contribution in [0.2, 0.25) is 0 Å². The highest BCUT2D eigenvalue weighted by Gasteiger charge is 2.19. The molecule has 0 aliphatic rings. The summed E-state index contributed by atoms with van der Waals surface area (Å²) >= 11 is 1.86. The largest absolute Gasteiger partial charge is 0.310 e. The summed E-state index contributed by atoms with van der Waals surface area (Å²) in [6.45, 7) is 0. The van der Waals surface area contributed by atoms with Gasteiger partial charge in [0.2, 0.25) is 0 Å². The summed E-state index contributed by atoms with van der Waals surface area (Å²) in [5.74, 6) is 0. The van der Waals surface area contributed by atoms with Gasteiger partial charge in [-0.05, 0) is 98.2 Å². The average Bonchev–Trinajstić information content (AvgIpc) is 3.63. The van der Waals surface area contributed by atoms with Crippen molar-refractivity contribution >= 4 is 59.3 Å². The highest BCUT2D eigenvalue weighted by Crippen LogP contribution is 2.44. The maximum atomic E-state index is 2.41. The van der Waals surface area contributed by atoms with Crippen molar-refractivity contribution in [2.24, 2.45) is 0 Å². The smallest absolute Gasteiger partial charge is 0.0540 e. The number of para-hydroxylation sites is 1. The molecule has 0 aliphatic heterocycles. The number of fused-ring (bicyclic) bond motifs is 4. The van der Waals surface area contributed by atoms with Crippen LogP contribution in [0.15, 0.2) is 212 Å². The number of hydrogen-bond acceptors (Lipinski definition) is 2. The zero-order valence-electron chi connectivity index (χ0n) is 29.6. The number of benzene rings is 9. The Morgan fingerprint density at radius 2 is 0.870 bits per heavy atom. The lowest BCUT2D eigenvalue weighted by atomic mass is 9.98. The normalized spacial score (nSPS) is 11.3. The van der Waals surface area contributed by atoms with E-state index in [1.54, 1.807) is 0 Å². The van der Waals surface area contributed by atoms with Gasteiger partial charge in [-0.1, -0.05) is 164 Å². The summed E-state index contributed by atoms with van der Waals surface area (Å²) < 4.78 is 2.62. The van der Waals surface area contributed by atoms with Gasteiger partial charge in [0.25, 0.3) is 0 Å². The van der Waals surface area contributed by atoms with E-state index in [4.69, 9.17) is 0 Å². The third-order valence-corrected chi connectivity index (χ3v) is 11.6. The van der Waals surface area contributed by atoms with Crippen LogP contribution < -0.4 is 4.90 Å². The fourth-order valence-corrected chi connectivity index (χ4v) is 8.86. The molecule has 0 saturated carbocycles. The van der Waals surface area contributed by atoms with Crippen molar-refractivity contribution in [3.63, 3.8) is 0 Å². The quantitative estimate of drug-likeness (QED) is 0.160. The van der Waals surface area contributed by atoms with Gasteiger partial charge in [-0.15, -0.1) is 11.3 Å². The molecule has 0 unspecified atom stereocenters. The lowest BCUT2D eigenvalue weighted by molar-refractivity contribution is 1.28. The van der Waals surface area contributed by atoms with Crippen LogP contribution >= 0.6 is 11.3 Å². The topological polar surface area (TPSA) is 3.24 Å². The first-order valence-corrected chi connectivity index (χ1v) is 19.2. The van der Waals surface area contributed by atoms with Gasteiger partial charge in [0, 0.05) is 37.1 Å². The number of thiophene rings is 1. The number of anilines is 3. The van der Waals surface area contributed by atoms with Crippen LogP contribution in [0.5, 0.6) is 0 Å². The minimum Gasteiger partial charge on any atom is -0.310 e. The molecule has 9 aromatic carbocycles. The Kier molecular flexibility index (Phi) is 8.09. The van der Waals surface area contributed by atoms with E-state index >= 15 is 0 Å². The third kappa shape index (κ3) is 5.93. The van der Waals surface area contributed by atoms with Gasteiger partial charge in [-0.3, -0.25) is 0 Å². The first-order chi connectivity index (χ1) is 26.7. The van der Waals surface area contributed by atoms with Crippen LogP contribution in [0.25, 0.3) is 75.5 Å². The summed E-state index contributed by atoms with van der Waals surface area (Å²) in [4.78, 5) is 2.41. The van der Waals surface area contributed by atoms with Gasteiger partial charge in [0.15, 0.2) is 0 Å². The van der Waals surface area contributed by atoms with Crippen molar-refractivity contribution < 1.29 is 0 Å². The molecule has 0 atom stereocenters. The standard InChI is InChI=1S/C52H35NS/c1-2-11-36(12-3-1)38-21-23-39(24-22-38)40-27-30-45(31-28-40)53(46-16-10-15-42(34-46)43-26-25-37-13-4-5-14-41(37)33-43)50-19-8-6-17-47(50)44-29-32-49-48-18-7-9-20-51(48)54-52(49)35-44/h1-35H. The van der Waals surface area contributed by atoms with Crippen LogP contribution in [-0.2, 0) is 0 Å². The second-order valence-electron chi connectivity index (χ2n) is 13.8. The van der Waals surface area contributed by atoms with Crippen LogP contribution in [0.3, 0.4) is 0 Å². The molecule has 0 spiro atoms. The van der Waals surface area contributed by atoms with Crippen molar-refractivity contribution in [3.8, 4) is 44.5 Å². The van der Waals surface area contributed by atoms with Crippen molar-refractivity contribution in [1.82, 2.24) is 0 Å². The van der Waals surface area contributed by atoms with E-state index in [0.29, 0.717) is 0 Å². The number of hydrogen-bond donors (Lipinski definition) is 0. The lowest BCUT2D eigenvalue weighted by Gasteiger charge is -2.28. The molecule has 1 aromatic heterocycles. The Morgan fingerprint density at radius 1 is 0.296 bits per heavy atom. The summed E-state index contributed by atoms with van der Waals surface area (Å²) in [6, 6.07) is 77.2. The predicted octanol–water partition coefficient (Wildman–Crippen LogP) is 15.3. The van der Waals surface area contributed by atoms with E-state index in [0.717, 1.165) is 17.1 Å². The first-order valence-electron chi connectivity index (χ1n) is 18.4. The maximum absolute atomic E-state index is 2.41. The maximum Gasteiger partial charge on any atom is 0.0540 e. The molecule has 0 aliphatic carbocycles. The monoisotopic (exact) mass is 705 g/mol. The molecule has 54 heavy (non-hydrogen) atoms.